The SMILES string of the molecule is Cn1cc(SC(C)(C)C)c(=O)c(-c2cccc(C(F)(F)F)c2)c1. The summed E-state index contributed by atoms with van der Waals surface area (Å²) in [7, 11) is 1.75. The molecule has 0 radical (unpaired) electrons. The van der Waals surface area contributed by atoms with Crippen molar-refractivity contribution in [3.05, 3.63) is 52.4 Å². The van der Waals surface area contributed by atoms with E-state index in [0.29, 0.717) is 4.90 Å². The number of aromatic nitrogens is 1. The van der Waals surface area contributed by atoms with Crippen LogP contribution in [0.4, 0.5) is 13.2 Å². The van der Waals surface area contributed by atoms with Crippen LogP contribution in [0.15, 0.2) is 46.3 Å². The number of rotatable bonds is 2. The molecule has 0 aliphatic carbocycles. The minimum atomic E-state index is -4.43. The molecule has 23 heavy (non-hydrogen) atoms. The maximum Gasteiger partial charge on any atom is 0.416 e. The van der Waals surface area contributed by atoms with Crippen LogP contribution in [0.3, 0.4) is 0 Å². The van der Waals surface area contributed by atoms with Gasteiger partial charge in [-0.15, -0.1) is 11.8 Å². The number of aryl methyl sites for hydroxylation is 1. The van der Waals surface area contributed by atoms with Crippen molar-refractivity contribution in [1.29, 1.82) is 0 Å². The van der Waals surface area contributed by atoms with Crippen LogP contribution in [0.5, 0.6) is 0 Å². The van der Waals surface area contributed by atoms with E-state index in [1.807, 2.05) is 20.8 Å². The van der Waals surface area contributed by atoms with E-state index in [1.54, 1.807) is 24.0 Å². The Morgan fingerprint density at radius 1 is 1.09 bits per heavy atom. The summed E-state index contributed by atoms with van der Waals surface area (Å²) >= 11 is 1.40. The van der Waals surface area contributed by atoms with Gasteiger partial charge in [-0.25, -0.2) is 0 Å². The zero-order valence-corrected chi connectivity index (χ0v) is 14.2. The lowest BCUT2D eigenvalue weighted by Gasteiger charge is -2.18. The maximum atomic E-state index is 12.9. The van der Waals surface area contributed by atoms with Gasteiger partial charge in [-0.05, 0) is 17.7 Å². The van der Waals surface area contributed by atoms with Gasteiger partial charge < -0.3 is 4.57 Å². The monoisotopic (exact) mass is 341 g/mol. The molecule has 2 aromatic rings. The zero-order valence-electron chi connectivity index (χ0n) is 13.4. The standard InChI is InChI=1S/C17H18F3NOS/c1-16(2,3)23-14-10-21(4)9-13(15(14)22)11-6-5-7-12(8-11)17(18,19)20/h5-10H,1-4H3. The molecule has 0 unspecified atom stereocenters. The zero-order chi connectivity index (χ0) is 17.4. The van der Waals surface area contributed by atoms with E-state index in [4.69, 9.17) is 0 Å². The highest BCUT2D eigenvalue weighted by Crippen LogP contribution is 2.33. The van der Waals surface area contributed by atoms with Gasteiger partial charge >= 0.3 is 6.18 Å². The number of alkyl halides is 3. The summed E-state index contributed by atoms with van der Waals surface area (Å²) in [4.78, 5) is 13.2. The summed E-state index contributed by atoms with van der Waals surface area (Å²) in [5.74, 6) is 0. The second-order valence-corrected chi connectivity index (χ2v) is 8.19. The number of halogens is 3. The molecule has 0 spiro atoms. The largest absolute Gasteiger partial charge is 0.416 e. The van der Waals surface area contributed by atoms with Gasteiger partial charge in [0.05, 0.1) is 10.5 Å². The first kappa shape index (κ1) is 17.7. The van der Waals surface area contributed by atoms with Crippen LogP contribution < -0.4 is 5.43 Å². The van der Waals surface area contributed by atoms with E-state index in [2.05, 4.69) is 0 Å². The Morgan fingerprint density at radius 2 is 1.74 bits per heavy atom. The van der Waals surface area contributed by atoms with Gasteiger partial charge in [-0.2, -0.15) is 13.2 Å². The lowest BCUT2D eigenvalue weighted by atomic mass is 10.0. The number of hydrogen-bond acceptors (Lipinski definition) is 2. The smallest absolute Gasteiger partial charge is 0.355 e. The quantitative estimate of drug-likeness (QED) is 0.720. The van der Waals surface area contributed by atoms with E-state index in [9.17, 15) is 18.0 Å². The molecule has 0 atom stereocenters. The molecule has 0 amide bonds. The minimum absolute atomic E-state index is 0.168. The van der Waals surface area contributed by atoms with Gasteiger partial charge in [0.2, 0.25) is 5.43 Å². The molecule has 1 aromatic carbocycles. The van der Waals surface area contributed by atoms with Gasteiger partial charge in [-0.1, -0.05) is 32.9 Å². The minimum Gasteiger partial charge on any atom is -0.355 e. The normalized spacial score (nSPS) is 12.5. The van der Waals surface area contributed by atoms with Crippen LogP contribution in [-0.4, -0.2) is 9.31 Å². The molecule has 124 valence electrons. The van der Waals surface area contributed by atoms with Gasteiger partial charge in [0.15, 0.2) is 0 Å². The van der Waals surface area contributed by atoms with Crippen LogP contribution in [0.1, 0.15) is 26.3 Å². The van der Waals surface area contributed by atoms with E-state index in [1.165, 1.54) is 23.9 Å². The Bertz CT molecular complexity index is 773. The van der Waals surface area contributed by atoms with Crippen molar-refractivity contribution in [2.24, 2.45) is 7.05 Å². The summed E-state index contributed by atoms with van der Waals surface area (Å²) in [6.45, 7) is 5.94. The first-order chi connectivity index (χ1) is 10.5. The Kier molecular flexibility index (Phi) is 4.66. The molecule has 0 bridgehead atoms. The summed E-state index contributed by atoms with van der Waals surface area (Å²) < 4.78 is 40.2. The highest BCUT2D eigenvalue weighted by atomic mass is 32.2. The summed E-state index contributed by atoms with van der Waals surface area (Å²) in [6, 6.07) is 4.86. The maximum absolute atomic E-state index is 12.9. The number of nitrogens with zero attached hydrogens (tertiary/aromatic N) is 1. The fraction of sp³-hybridized carbons (Fsp3) is 0.353. The summed E-state index contributed by atoms with van der Waals surface area (Å²) in [5, 5.41) is 0. The molecular formula is C17H18F3NOS. The molecule has 0 aliphatic rings. The van der Waals surface area contributed by atoms with E-state index in [-0.39, 0.29) is 21.3 Å². The molecule has 1 heterocycles. The molecule has 1 aromatic heterocycles. The predicted molar refractivity (Wildman–Crippen MR) is 87.7 cm³/mol. The lowest BCUT2D eigenvalue weighted by Crippen LogP contribution is -2.16. The summed E-state index contributed by atoms with van der Waals surface area (Å²) in [6.07, 6.45) is -1.17. The molecule has 0 saturated carbocycles. The third kappa shape index (κ3) is 4.41. The topological polar surface area (TPSA) is 22.0 Å². The van der Waals surface area contributed by atoms with Gasteiger partial charge in [0.25, 0.3) is 0 Å². The molecule has 0 aliphatic heterocycles. The third-order valence-corrected chi connectivity index (χ3v) is 4.16. The molecule has 0 saturated heterocycles. The van der Waals surface area contributed by atoms with Crippen molar-refractivity contribution in [2.45, 2.75) is 36.6 Å². The van der Waals surface area contributed by atoms with Crippen LogP contribution in [-0.2, 0) is 13.2 Å². The van der Waals surface area contributed by atoms with Gasteiger partial charge in [-0.3, -0.25) is 4.79 Å². The molecule has 2 nitrogen and oxygen atoms in total. The summed E-state index contributed by atoms with van der Waals surface area (Å²) in [5.41, 5.74) is -0.460. The number of pyridine rings is 1. The van der Waals surface area contributed by atoms with Crippen LogP contribution in [0, 0.1) is 0 Å². The highest BCUT2D eigenvalue weighted by Gasteiger charge is 2.30. The van der Waals surface area contributed by atoms with Crippen LogP contribution in [0.2, 0.25) is 0 Å². The molecule has 0 N–H and O–H groups in total. The van der Waals surface area contributed by atoms with Crippen molar-refractivity contribution < 1.29 is 13.2 Å². The number of hydrogen-bond donors (Lipinski definition) is 0. The average molecular weight is 341 g/mol. The third-order valence-electron chi connectivity index (χ3n) is 3.04. The lowest BCUT2D eigenvalue weighted by molar-refractivity contribution is -0.137. The molecule has 2 rings (SSSR count). The van der Waals surface area contributed by atoms with Crippen molar-refractivity contribution >= 4 is 11.8 Å². The Labute approximate surface area is 137 Å². The van der Waals surface area contributed by atoms with Crippen molar-refractivity contribution in [1.82, 2.24) is 4.57 Å². The fourth-order valence-electron chi connectivity index (χ4n) is 2.15. The first-order valence-electron chi connectivity index (χ1n) is 7.04. The van der Waals surface area contributed by atoms with E-state index in [0.717, 1.165) is 12.1 Å². The second kappa shape index (κ2) is 6.07. The predicted octanol–water partition coefficient (Wildman–Crippen LogP) is 4.96. The molecular weight excluding hydrogens is 323 g/mol. The molecule has 0 fully saturated rings. The van der Waals surface area contributed by atoms with Crippen LogP contribution in [0.25, 0.3) is 11.1 Å². The fourth-order valence-corrected chi connectivity index (χ4v) is 3.23. The second-order valence-electron chi connectivity index (χ2n) is 6.32. The van der Waals surface area contributed by atoms with Gasteiger partial charge in [0, 0.05) is 29.8 Å². The van der Waals surface area contributed by atoms with Crippen molar-refractivity contribution in [3.63, 3.8) is 0 Å². The van der Waals surface area contributed by atoms with E-state index >= 15 is 0 Å². The first-order valence-corrected chi connectivity index (χ1v) is 7.86. The number of thioether (sulfide) groups is 1. The van der Waals surface area contributed by atoms with Crippen molar-refractivity contribution in [2.75, 3.05) is 0 Å². The Hall–Kier alpha value is -1.69. The highest BCUT2D eigenvalue weighted by molar-refractivity contribution is 8.00. The average Bonchev–Trinajstić information content (AvgIpc) is 2.40. The van der Waals surface area contributed by atoms with Crippen LogP contribution >= 0.6 is 11.8 Å². The van der Waals surface area contributed by atoms with Gasteiger partial charge in [0.1, 0.15) is 0 Å². The van der Waals surface area contributed by atoms with Crippen molar-refractivity contribution in [3.8, 4) is 11.1 Å². The Balaban J connectivity index is 2.59. The van der Waals surface area contributed by atoms with E-state index < -0.39 is 11.7 Å². The molecule has 6 heteroatoms. The Morgan fingerprint density at radius 3 is 2.30 bits per heavy atom. The number of benzene rings is 1.